The molecule has 0 bridgehead atoms. The van der Waals surface area contributed by atoms with Crippen LogP contribution in [0.1, 0.15) is 19.3 Å². The van der Waals surface area contributed by atoms with E-state index in [0.717, 1.165) is 25.8 Å². The van der Waals surface area contributed by atoms with Gasteiger partial charge < -0.3 is 5.32 Å². The zero-order valence-electron chi connectivity index (χ0n) is 6.47. The SMILES string of the molecule is O=S1(=O)CCC[C@@]2(CCN2)C1. The Kier molecular flexibility index (Phi) is 1.51. The standard InChI is InChI=1S/C7H13NO2S/c9-11(10)5-1-2-7(6-11)3-4-8-7/h8H,1-6H2/t7-/m1/s1. The van der Waals surface area contributed by atoms with Gasteiger partial charge in [0.1, 0.15) is 0 Å². The number of hydrogen-bond acceptors (Lipinski definition) is 3. The second kappa shape index (κ2) is 2.20. The maximum atomic E-state index is 11.2. The van der Waals surface area contributed by atoms with Crippen LogP contribution in [0.15, 0.2) is 0 Å². The van der Waals surface area contributed by atoms with Gasteiger partial charge in [0.05, 0.1) is 11.5 Å². The minimum Gasteiger partial charge on any atom is -0.310 e. The molecule has 4 heteroatoms. The van der Waals surface area contributed by atoms with Gasteiger partial charge in [0.2, 0.25) is 0 Å². The van der Waals surface area contributed by atoms with Crippen LogP contribution in [-0.2, 0) is 9.84 Å². The smallest absolute Gasteiger partial charge is 0.152 e. The van der Waals surface area contributed by atoms with Gasteiger partial charge in [-0.05, 0) is 25.8 Å². The second-order valence-electron chi connectivity index (χ2n) is 3.65. The molecule has 1 spiro atoms. The van der Waals surface area contributed by atoms with E-state index in [1.54, 1.807) is 0 Å². The van der Waals surface area contributed by atoms with E-state index in [2.05, 4.69) is 5.32 Å². The Morgan fingerprint density at radius 3 is 2.36 bits per heavy atom. The fourth-order valence-corrected chi connectivity index (χ4v) is 3.97. The maximum Gasteiger partial charge on any atom is 0.152 e. The molecule has 2 fully saturated rings. The molecule has 0 aromatic rings. The average molecular weight is 175 g/mol. The zero-order chi connectivity index (χ0) is 7.95. The molecule has 64 valence electrons. The Morgan fingerprint density at radius 1 is 1.27 bits per heavy atom. The van der Waals surface area contributed by atoms with Crippen molar-refractivity contribution < 1.29 is 8.42 Å². The Hall–Kier alpha value is -0.0900. The van der Waals surface area contributed by atoms with Gasteiger partial charge in [0.15, 0.2) is 9.84 Å². The first-order valence-electron chi connectivity index (χ1n) is 4.07. The van der Waals surface area contributed by atoms with Gasteiger partial charge >= 0.3 is 0 Å². The predicted octanol–water partition coefficient (Wildman–Crippen LogP) is -0.0729. The summed E-state index contributed by atoms with van der Waals surface area (Å²) in [6, 6.07) is 0. The normalized spacial score (nSPS) is 41.8. The van der Waals surface area contributed by atoms with Crippen LogP contribution in [0.2, 0.25) is 0 Å². The number of hydrogen-bond donors (Lipinski definition) is 1. The molecule has 0 aliphatic carbocycles. The van der Waals surface area contributed by atoms with Crippen molar-refractivity contribution >= 4 is 9.84 Å². The van der Waals surface area contributed by atoms with Crippen LogP contribution in [0.4, 0.5) is 0 Å². The molecule has 11 heavy (non-hydrogen) atoms. The highest BCUT2D eigenvalue weighted by Crippen LogP contribution is 2.30. The molecule has 1 atom stereocenters. The van der Waals surface area contributed by atoms with E-state index in [1.807, 2.05) is 0 Å². The average Bonchev–Trinajstić information content (AvgIpc) is 1.82. The summed E-state index contributed by atoms with van der Waals surface area (Å²) in [5.41, 5.74) is -0.00289. The van der Waals surface area contributed by atoms with Crippen molar-refractivity contribution in [3.8, 4) is 0 Å². The summed E-state index contributed by atoms with van der Waals surface area (Å²) < 4.78 is 22.4. The fraction of sp³-hybridized carbons (Fsp3) is 1.00. The monoisotopic (exact) mass is 175 g/mol. The van der Waals surface area contributed by atoms with Crippen molar-refractivity contribution in [2.24, 2.45) is 0 Å². The summed E-state index contributed by atoms with van der Waals surface area (Å²) >= 11 is 0. The van der Waals surface area contributed by atoms with Crippen LogP contribution >= 0.6 is 0 Å². The number of rotatable bonds is 0. The molecule has 2 aliphatic heterocycles. The summed E-state index contributed by atoms with van der Waals surface area (Å²) in [5.74, 6) is 0.774. The van der Waals surface area contributed by atoms with E-state index < -0.39 is 9.84 Å². The molecule has 0 aromatic carbocycles. The highest BCUT2D eigenvalue weighted by molar-refractivity contribution is 7.91. The van der Waals surface area contributed by atoms with E-state index in [0.29, 0.717) is 11.5 Å². The largest absolute Gasteiger partial charge is 0.310 e. The van der Waals surface area contributed by atoms with Crippen molar-refractivity contribution in [2.45, 2.75) is 24.8 Å². The molecule has 0 amide bonds. The second-order valence-corrected chi connectivity index (χ2v) is 5.84. The molecule has 3 nitrogen and oxygen atoms in total. The van der Waals surface area contributed by atoms with Crippen LogP contribution < -0.4 is 5.32 Å². The lowest BCUT2D eigenvalue weighted by molar-refractivity contribution is 0.211. The van der Waals surface area contributed by atoms with Gasteiger partial charge in [-0.1, -0.05) is 0 Å². The number of nitrogens with one attached hydrogen (secondary N) is 1. The van der Waals surface area contributed by atoms with Crippen molar-refractivity contribution in [1.82, 2.24) is 5.32 Å². The lowest BCUT2D eigenvalue weighted by Gasteiger charge is -2.45. The Labute approximate surface area is 67.1 Å². The summed E-state index contributed by atoms with van der Waals surface area (Å²) in [6.45, 7) is 0.996. The minimum absolute atomic E-state index is 0.00289. The topological polar surface area (TPSA) is 46.2 Å². The summed E-state index contributed by atoms with van der Waals surface area (Å²) in [4.78, 5) is 0. The molecule has 2 heterocycles. The third-order valence-electron chi connectivity index (χ3n) is 2.71. The van der Waals surface area contributed by atoms with Crippen molar-refractivity contribution in [3.05, 3.63) is 0 Å². The van der Waals surface area contributed by atoms with E-state index >= 15 is 0 Å². The molecule has 0 radical (unpaired) electrons. The van der Waals surface area contributed by atoms with Crippen LogP contribution in [0, 0.1) is 0 Å². The lowest BCUT2D eigenvalue weighted by atomic mass is 9.85. The molecule has 2 rings (SSSR count). The van der Waals surface area contributed by atoms with Gasteiger partial charge in [-0.3, -0.25) is 0 Å². The molecular weight excluding hydrogens is 162 g/mol. The maximum absolute atomic E-state index is 11.2. The van der Waals surface area contributed by atoms with Gasteiger partial charge in [-0.15, -0.1) is 0 Å². The summed E-state index contributed by atoms with van der Waals surface area (Å²) in [7, 11) is -2.71. The lowest BCUT2D eigenvalue weighted by Crippen LogP contribution is -2.62. The van der Waals surface area contributed by atoms with Crippen LogP contribution in [0.25, 0.3) is 0 Å². The Balaban J connectivity index is 2.15. The van der Waals surface area contributed by atoms with Crippen molar-refractivity contribution in [1.29, 1.82) is 0 Å². The highest BCUT2D eigenvalue weighted by Gasteiger charge is 2.42. The summed E-state index contributed by atoms with van der Waals surface area (Å²) in [5, 5.41) is 3.24. The van der Waals surface area contributed by atoms with Gasteiger partial charge in [-0.2, -0.15) is 0 Å². The zero-order valence-corrected chi connectivity index (χ0v) is 7.28. The number of sulfone groups is 1. The van der Waals surface area contributed by atoms with E-state index in [1.165, 1.54) is 0 Å². The molecule has 2 saturated heterocycles. The first-order chi connectivity index (χ1) is 5.12. The van der Waals surface area contributed by atoms with E-state index in [4.69, 9.17) is 0 Å². The third-order valence-corrected chi connectivity index (χ3v) is 4.61. The van der Waals surface area contributed by atoms with Crippen molar-refractivity contribution in [3.63, 3.8) is 0 Å². The molecule has 1 N–H and O–H groups in total. The van der Waals surface area contributed by atoms with Crippen LogP contribution in [0.5, 0.6) is 0 Å². The third kappa shape index (κ3) is 1.29. The molecule has 0 unspecified atom stereocenters. The first kappa shape index (κ1) is 7.55. The minimum atomic E-state index is -2.71. The Morgan fingerprint density at radius 2 is 2.00 bits per heavy atom. The van der Waals surface area contributed by atoms with Crippen LogP contribution in [-0.4, -0.2) is 32.0 Å². The quantitative estimate of drug-likeness (QED) is 0.560. The van der Waals surface area contributed by atoms with E-state index in [9.17, 15) is 8.42 Å². The Bertz CT molecular complexity index is 254. The molecule has 2 aliphatic rings. The molecular formula is C7H13NO2S. The highest BCUT2D eigenvalue weighted by atomic mass is 32.2. The van der Waals surface area contributed by atoms with Gasteiger partial charge in [0.25, 0.3) is 0 Å². The fourth-order valence-electron chi connectivity index (χ4n) is 2.01. The summed E-state index contributed by atoms with van der Waals surface area (Å²) in [6.07, 6.45) is 2.94. The van der Waals surface area contributed by atoms with E-state index in [-0.39, 0.29) is 5.54 Å². The van der Waals surface area contributed by atoms with Crippen LogP contribution in [0.3, 0.4) is 0 Å². The predicted molar refractivity (Wildman–Crippen MR) is 43.2 cm³/mol. The van der Waals surface area contributed by atoms with Gasteiger partial charge in [0, 0.05) is 5.54 Å². The van der Waals surface area contributed by atoms with Crippen molar-refractivity contribution in [2.75, 3.05) is 18.1 Å². The molecule has 0 saturated carbocycles. The first-order valence-corrected chi connectivity index (χ1v) is 5.90. The molecule has 0 aromatic heterocycles. The van der Waals surface area contributed by atoms with Gasteiger partial charge in [-0.25, -0.2) is 8.42 Å².